The van der Waals surface area contributed by atoms with Crippen LogP contribution in [0.25, 0.3) is 0 Å². The normalized spacial score (nSPS) is 9.96. The summed E-state index contributed by atoms with van der Waals surface area (Å²) >= 11 is 0. The van der Waals surface area contributed by atoms with Crippen molar-refractivity contribution in [2.45, 2.75) is 54.4 Å². The van der Waals surface area contributed by atoms with E-state index in [1.807, 2.05) is 13.8 Å². The third kappa shape index (κ3) is 17.1. The molecule has 148 valence electrons. The molecule has 1 amide bonds. The first-order chi connectivity index (χ1) is 12.0. The molecule has 8 heteroatoms. The molecule has 1 aromatic heterocycles. The van der Waals surface area contributed by atoms with Crippen LogP contribution in [-0.2, 0) is 16.0 Å². The summed E-state index contributed by atoms with van der Waals surface area (Å²) in [7, 11) is 1.56. The molecule has 0 saturated carbocycles. The summed E-state index contributed by atoms with van der Waals surface area (Å²) in [4.78, 5) is 13.2. The molecule has 0 aliphatic rings. The third-order valence-electron chi connectivity index (χ3n) is 3.29. The van der Waals surface area contributed by atoms with Crippen LogP contribution in [0, 0.1) is 5.92 Å². The van der Waals surface area contributed by atoms with Gasteiger partial charge in [0.1, 0.15) is 6.61 Å². The van der Waals surface area contributed by atoms with E-state index >= 15 is 0 Å². The SMILES string of the molecule is CC.CCN(CC)CCC(C)C.CNC(=O)COCCc1nn[nH]n1. The summed E-state index contributed by atoms with van der Waals surface area (Å²) in [6, 6.07) is 0. The van der Waals surface area contributed by atoms with Gasteiger partial charge >= 0.3 is 0 Å². The molecule has 2 N–H and O–H groups in total. The smallest absolute Gasteiger partial charge is 0.245 e. The molecule has 0 aromatic carbocycles. The Morgan fingerprint density at radius 2 is 1.92 bits per heavy atom. The van der Waals surface area contributed by atoms with Crippen LogP contribution in [0.1, 0.15) is 53.8 Å². The van der Waals surface area contributed by atoms with Crippen molar-refractivity contribution in [2.75, 3.05) is 39.9 Å². The summed E-state index contributed by atoms with van der Waals surface area (Å²) in [5, 5.41) is 15.6. The van der Waals surface area contributed by atoms with Crippen LogP contribution in [0.4, 0.5) is 0 Å². The molecule has 0 bridgehead atoms. The van der Waals surface area contributed by atoms with E-state index in [4.69, 9.17) is 4.74 Å². The van der Waals surface area contributed by atoms with Crippen molar-refractivity contribution in [3.63, 3.8) is 0 Å². The first-order valence-corrected chi connectivity index (χ1v) is 9.26. The molecule has 0 spiro atoms. The maximum Gasteiger partial charge on any atom is 0.245 e. The lowest BCUT2D eigenvalue weighted by molar-refractivity contribution is -0.125. The van der Waals surface area contributed by atoms with Crippen molar-refractivity contribution in [2.24, 2.45) is 5.92 Å². The van der Waals surface area contributed by atoms with Gasteiger partial charge in [-0.15, -0.1) is 10.2 Å². The van der Waals surface area contributed by atoms with E-state index in [0.717, 1.165) is 5.92 Å². The number of hydrogen-bond acceptors (Lipinski definition) is 6. The number of aromatic amines is 1. The number of carbonyl (C=O) groups excluding carboxylic acids is 1. The molecule has 1 heterocycles. The van der Waals surface area contributed by atoms with Crippen LogP contribution in [0.15, 0.2) is 0 Å². The van der Waals surface area contributed by atoms with Gasteiger partial charge in [-0.3, -0.25) is 4.79 Å². The Hall–Kier alpha value is -1.54. The minimum absolute atomic E-state index is 0.0638. The molecule has 0 aliphatic carbocycles. The number of aromatic nitrogens is 4. The average molecular weight is 359 g/mol. The number of nitrogens with one attached hydrogen (secondary N) is 2. The number of H-pyrrole nitrogens is 1. The number of amides is 1. The van der Waals surface area contributed by atoms with Gasteiger partial charge < -0.3 is 15.0 Å². The van der Waals surface area contributed by atoms with Gasteiger partial charge in [0.2, 0.25) is 5.91 Å². The Labute approximate surface area is 153 Å². The van der Waals surface area contributed by atoms with Crippen LogP contribution in [0.2, 0.25) is 0 Å². The summed E-state index contributed by atoms with van der Waals surface area (Å²) in [6.45, 7) is 17.2. The Bertz CT molecular complexity index is 380. The van der Waals surface area contributed by atoms with Crippen molar-refractivity contribution in [3.8, 4) is 0 Å². The van der Waals surface area contributed by atoms with Gasteiger partial charge in [0.05, 0.1) is 6.61 Å². The average Bonchev–Trinajstić information content (AvgIpc) is 3.15. The van der Waals surface area contributed by atoms with Gasteiger partial charge in [0, 0.05) is 13.5 Å². The second-order valence-electron chi connectivity index (χ2n) is 5.51. The fourth-order valence-electron chi connectivity index (χ4n) is 1.67. The molecule has 0 saturated heterocycles. The first kappa shape index (κ1) is 25.7. The van der Waals surface area contributed by atoms with Crippen LogP contribution in [0.3, 0.4) is 0 Å². The fourth-order valence-corrected chi connectivity index (χ4v) is 1.67. The molecule has 0 aliphatic heterocycles. The van der Waals surface area contributed by atoms with Crippen molar-refractivity contribution >= 4 is 5.91 Å². The van der Waals surface area contributed by atoms with E-state index in [-0.39, 0.29) is 12.5 Å². The van der Waals surface area contributed by atoms with Gasteiger partial charge in [-0.05, 0) is 32.0 Å². The second kappa shape index (κ2) is 18.8. The number of rotatable bonds is 10. The molecule has 0 unspecified atom stereocenters. The lowest BCUT2D eigenvalue weighted by atomic mass is 10.1. The Kier molecular flexibility index (Phi) is 19.3. The van der Waals surface area contributed by atoms with E-state index < -0.39 is 0 Å². The maximum atomic E-state index is 10.7. The predicted molar refractivity (Wildman–Crippen MR) is 101 cm³/mol. The number of ether oxygens (including phenoxy) is 1. The maximum absolute atomic E-state index is 10.7. The summed E-state index contributed by atoms with van der Waals surface area (Å²) in [6.07, 6.45) is 1.88. The highest BCUT2D eigenvalue weighted by Crippen LogP contribution is 2.00. The third-order valence-corrected chi connectivity index (χ3v) is 3.29. The quantitative estimate of drug-likeness (QED) is 0.620. The van der Waals surface area contributed by atoms with Gasteiger partial charge in [0.15, 0.2) is 5.82 Å². The summed E-state index contributed by atoms with van der Waals surface area (Å²) in [5.74, 6) is 1.28. The topological polar surface area (TPSA) is 96.0 Å². The van der Waals surface area contributed by atoms with E-state index in [2.05, 4.69) is 58.5 Å². The molecule has 1 aromatic rings. The predicted octanol–water partition coefficient (Wildman–Crippen LogP) is 1.91. The second-order valence-corrected chi connectivity index (χ2v) is 5.51. The van der Waals surface area contributed by atoms with Crippen LogP contribution >= 0.6 is 0 Å². The zero-order valence-electron chi connectivity index (χ0n) is 17.1. The standard InChI is InChI=1S/C9H21N.C6H11N5O2.C2H6/c1-5-10(6-2)8-7-9(3)4;1-7-6(12)4-13-3-2-5-8-10-11-9-5;1-2/h9H,5-8H2,1-4H3;2-4H2,1H3,(H,7,12)(H,8,9,10,11);1-2H3. The van der Waals surface area contributed by atoms with Gasteiger partial charge in [0.25, 0.3) is 0 Å². The fraction of sp³-hybridized carbons (Fsp3) is 0.882. The zero-order chi connectivity index (χ0) is 19.5. The zero-order valence-corrected chi connectivity index (χ0v) is 17.1. The lowest BCUT2D eigenvalue weighted by Crippen LogP contribution is -2.24. The van der Waals surface area contributed by atoms with Crippen LogP contribution < -0.4 is 5.32 Å². The minimum Gasteiger partial charge on any atom is -0.371 e. The highest BCUT2D eigenvalue weighted by atomic mass is 16.5. The summed E-state index contributed by atoms with van der Waals surface area (Å²) < 4.78 is 5.03. The minimum atomic E-state index is -0.145. The van der Waals surface area contributed by atoms with E-state index in [1.54, 1.807) is 7.05 Å². The van der Waals surface area contributed by atoms with Crippen LogP contribution in [0.5, 0.6) is 0 Å². The Morgan fingerprint density at radius 1 is 1.28 bits per heavy atom. The van der Waals surface area contributed by atoms with Gasteiger partial charge in [-0.1, -0.05) is 46.8 Å². The Balaban J connectivity index is 0. The molecule has 0 atom stereocenters. The highest BCUT2D eigenvalue weighted by molar-refractivity contribution is 5.76. The summed E-state index contributed by atoms with van der Waals surface area (Å²) in [5.41, 5.74) is 0. The molecule has 8 nitrogen and oxygen atoms in total. The van der Waals surface area contributed by atoms with E-state index in [1.165, 1.54) is 26.1 Å². The number of hydrogen-bond donors (Lipinski definition) is 2. The first-order valence-electron chi connectivity index (χ1n) is 9.26. The Morgan fingerprint density at radius 3 is 2.36 bits per heavy atom. The lowest BCUT2D eigenvalue weighted by Gasteiger charge is -2.18. The molecule has 25 heavy (non-hydrogen) atoms. The highest BCUT2D eigenvalue weighted by Gasteiger charge is 2.00. The molecule has 0 radical (unpaired) electrons. The van der Waals surface area contributed by atoms with Crippen molar-refractivity contribution < 1.29 is 9.53 Å². The molecular formula is C17H38N6O2. The van der Waals surface area contributed by atoms with Crippen molar-refractivity contribution in [1.82, 2.24) is 30.8 Å². The number of carbonyl (C=O) groups is 1. The van der Waals surface area contributed by atoms with Crippen molar-refractivity contribution in [3.05, 3.63) is 5.82 Å². The number of likely N-dealkylation sites (N-methyl/N-ethyl adjacent to an activating group) is 1. The molecule has 0 fully saturated rings. The monoisotopic (exact) mass is 358 g/mol. The largest absolute Gasteiger partial charge is 0.371 e. The van der Waals surface area contributed by atoms with Gasteiger partial charge in [-0.25, -0.2) is 0 Å². The van der Waals surface area contributed by atoms with E-state index in [0.29, 0.717) is 18.9 Å². The molecule has 1 rings (SSSR count). The van der Waals surface area contributed by atoms with Crippen LogP contribution in [-0.4, -0.2) is 71.3 Å². The van der Waals surface area contributed by atoms with Crippen molar-refractivity contribution in [1.29, 1.82) is 0 Å². The van der Waals surface area contributed by atoms with E-state index in [9.17, 15) is 4.79 Å². The number of tetrazole rings is 1. The van der Waals surface area contributed by atoms with Gasteiger partial charge in [-0.2, -0.15) is 5.21 Å². The molecular weight excluding hydrogens is 320 g/mol. The number of nitrogens with zero attached hydrogens (tertiary/aromatic N) is 4.